The molecule has 176 valence electrons. The van der Waals surface area contributed by atoms with Crippen molar-refractivity contribution in [3.05, 3.63) is 54.6 Å². The van der Waals surface area contributed by atoms with E-state index in [4.69, 9.17) is 4.74 Å². The molecule has 0 unspecified atom stereocenters. The first-order valence-electron chi connectivity index (χ1n) is 12.4. The Kier molecular flexibility index (Phi) is 5.75. The van der Waals surface area contributed by atoms with Crippen molar-refractivity contribution in [1.82, 2.24) is 24.5 Å². The van der Waals surface area contributed by atoms with Gasteiger partial charge in [0.25, 0.3) is 0 Å². The van der Waals surface area contributed by atoms with E-state index in [2.05, 4.69) is 35.9 Å². The molecule has 1 aromatic carbocycles. The number of aromatic nitrogens is 5. The molecule has 3 aromatic heterocycles. The molecule has 3 heterocycles. The Morgan fingerprint density at radius 2 is 1.71 bits per heavy atom. The molecule has 0 amide bonds. The van der Waals surface area contributed by atoms with E-state index in [1.54, 1.807) is 18.5 Å². The maximum Gasteiger partial charge on any atom is 0.321 e. The Morgan fingerprint density at radius 3 is 2.40 bits per heavy atom. The number of nitrogens with one attached hydrogen (secondary N) is 1. The standard InChI is InChI=1S/C27H27N7O/c28-15-23-22-11-10-21(35-27-29-12-5-13-30-27)14-24(22)34(20-8-4-9-20)25(23)18-16-31-26(32-17-18)33-19-6-2-1-3-7-19/h5,10-14,16-17,19-20H,1-4,6-9H2,(H,31,32,33). The molecule has 0 atom stereocenters. The zero-order valence-corrected chi connectivity index (χ0v) is 19.5. The van der Waals surface area contributed by atoms with Crippen LogP contribution in [0.25, 0.3) is 22.2 Å². The molecule has 1 N–H and O–H groups in total. The fourth-order valence-electron chi connectivity index (χ4n) is 5.17. The molecule has 2 fully saturated rings. The zero-order chi connectivity index (χ0) is 23.6. The summed E-state index contributed by atoms with van der Waals surface area (Å²) in [7, 11) is 0. The second-order valence-corrected chi connectivity index (χ2v) is 9.38. The van der Waals surface area contributed by atoms with Crippen molar-refractivity contribution < 1.29 is 4.74 Å². The predicted molar refractivity (Wildman–Crippen MR) is 133 cm³/mol. The van der Waals surface area contributed by atoms with Gasteiger partial charge in [-0.25, -0.2) is 19.9 Å². The van der Waals surface area contributed by atoms with E-state index in [1.165, 1.54) is 25.7 Å². The number of rotatable bonds is 6. The first kappa shape index (κ1) is 21.5. The molecule has 0 spiro atoms. The van der Waals surface area contributed by atoms with E-state index in [1.807, 2.05) is 30.6 Å². The first-order valence-corrected chi connectivity index (χ1v) is 12.4. The number of ether oxygens (including phenoxy) is 1. The summed E-state index contributed by atoms with van der Waals surface area (Å²) in [6.07, 6.45) is 16.5. The van der Waals surface area contributed by atoms with Crippen LogP contribution < -0.4 is 10.1 Å². The van der Waals surface area contributed by atoms with Gasteiger partial charge in [-0.1, -0.05) is 19.3 Å². The van der Waals surface area contributed by atoms with Crippen LogP contribution in [0.2, 0.25) is 0 Å². The van der Waals surface area contributed by atoms with Gasteiger partial charge in [-0.05, 0) is 50.3 Å². The number of hydrogen-bond donors (Lipinski definition) is 1. The summed E-state index contributed by atoms with van der Waals surface area (Å²) in [6, 6.07) is 11.1. The van der Waals surface area contributed by atoms with E-state index in [0.717, 1.165) is 47.8 Å². The minimum atomic E-state index is 0.295. The van der Waals surface area contributed by atoms with Gasteiger partial charge < -0.3 is 14.6 Å². The third-order valence-electron chi connectivity index (χ3n) is 7.14. The summed E-state index contributed by atoms with van der Waals surface area (Å²) in [4.78, 5) is 17.6. The summed E-state index contributed by atoms with van der Waals surface area (Å²) in [5.74, 6) is 1.30. The van der Waals surface area contributed by atoms with Gasteiger partial charge in [-0.15, -0.1) is 0 Å². The third kappa shape index (κ3) is 4.18. The normalized spacial score (nSPS) is 16.5. The van der Waals surface area contributed by atoms with Crippen LogP contribution in [0.15, 0.2) is 49.1 Å². The molecule has 6 rings (SSSR count). The van der Waals surface area contributed by atoms with E-state index in [0.29, 0.717) is 35.4 Å². The molecule has 4 aromatic rings. The average Bonchev–Trinajstić information content (AvgIpc) is 3.18. The minimum Gasteiger partial charge on any atom is -0.424 e. The Balaban J connectivity index is 1.39. The van der Waals surface area contributed by atoms with Gasteiger partial charge in [0, 0.05) is 53.9 Å². The Bertz CT molecular complexity index is 1360. The van der Waals surface area contributed by atoms with Crippen molar-refractivity contribution in [3.63, 3.8) is 0 Å². The molecule has 2 aliphatic rings. The van der Waals surface area contributed by atoms with E-state index in [9.17, 15) is 5.26 Å². The molecular formula is C27H27N7O. The van der Waals surface area contributed by atoms with Crippen LogP contribution in [-0.4, -0.2) is 30.5 Å². The highest BCUT2D eigenvalue weighted by Gasteiger charge is 2.28. The van der Waals surface area contributed by atoms with Gasteiger partial charge >= 0.3 is 6.01 Å². The molecular weight excluding hydrogens is 438 g/mol. The molecule has 0 saturated heterocycles. The van der Waals surface area contributed by atoms with Crippen LogP contribution in [0.1, 0.15) is 63.0 Å². The highest BCUT2D eigenvalue weighted by Crippen LogP contribution is 2.43. The fourth-order valence-corrected chi connectivity index (χ4v) is 5.17. The second-order valence-electron chi connectivity index (χ2n) is 9.38. The van der Waals surface area contributed by atoms with Crippen LogP contribution >= 0.6 is 0 Å². The monoisotopic (exact) mass is 465 g/mol. The van der Waals surface area contributed by atoms with Crippen LogP contribution in [0.3, 0.4) is 0 Å². The van der Waals surface area contributed by atoms with Gasteiger partial charge in [0.2, 0.25) is 5.95 Å². The smallest absolute Gasteiger partial charge is 0.321 e. The maximum atomic E-state index is 10.2. The lowest BCUT2D eigenvalue weighted by atomic mass is 9.92. The van der Waals surface area contributed by atoms with Crippen molar-refractivity contribution in [2.24, 2.45) is 0 Å². The maximum absolute atomic E-state index is 10.2. The summed E-state index contributed by atoms with van der Waals surface area (Å²) in [6.45, 7) is 0. The molecule has 8 nitrogen and oxygen atoms in total. The average molecular weight is 466 g/mol. The van der Waals surface area contributed by atoms with E-state index in [-0.39, 0.29) is 0 Å². The lowest BCUT2D eigenvalue weighted by Crippen LogP contribution is -2.23. The van der Waals surface area contributed by atoms with Gasteiger partial charge in [0.05, 0.1) is 16.8 Å². The molecule has 2 saturated carbocycles. The van der Waals surface area contributed by atoms with Gasteiger partial charge in [0.15, 0.2) is 0 Å². The fraction of sp³-hybridized carbons (Fsp3) is 0.370. The largest absolute Gasteiger partial charge is 0.424 e. The second kappa shape index (κ2) is 9.34. The quantitative estimate of drug-likeness (QED) is 0.371. The highest BCUT2D eigenvalue weighted by atomic mass is 16.5. The van der Waals surface area contributed by atoms with E-state index >= 15 is 0 Å². The van der Waals surface area contributed by atoms with Crippen molar-refractivity contribution in [2.75, 3.05) is 5.32 Å². The molecule has 8 heteroatoms. The first-order chi connectivity index (χ1) is 17.3. The molecule has 0 bridgehead atoms. The Labute approximate surface area is 204 Å². The summed E-state index contributed by atoms with van der Waals surface area (Å²) in [5, 5.41) is 14.6. The number of nitrogens with zero attached hydrogens (tertiary/aromatic N) is 6. The Hall–Kier alpha value is -3.99. The molecule has 0 radical (unpaired) electrons. The minimum absolute atomic E-state index is 0.295. The number of anilines is 1. The zero-order valence-electron chi connectivity index (χ0n) is 19.5. The lowest BCUT2D eigenvalue weighted by molar-refractivity contribution is 0.324. The van der Waals surface area contributed by atoms with Crippen molar-refractivity contribution in [2.45, 2.75) is 63.5 Å². The number of fused-ring (bicyclic) bond motifs is 1. The van der Waals surface area contributed by atoms with Crippen LogP contribution in [0.5, 0.6) is 11.8 Å². The topological polar surface area (TPSA) is 102 Å². The number of nitriles is 1. The van der Waals surface area contributed by atoms with Crippen molar-refractivity contribution in [1.29, 1.82) is 5.26 Å². The van der Waals surface area contributed by atoms with E-state index < -0.39 is 0 Å². The van der Waals surface area contributed by atoms with Crippen LogP contribution in [-0.2, 0) is 0 Å². The van der Waals surface area contributed by atoms with Gasteiger partial charge in [0.1, 0.15) is 11.8 Å². The molecule has 0 aliphatic heterocycles. The molecule has 35 heavy (non-hydrogen) atoms. The highest BCUT2D eigenvalue weighted by molar-refractivity contribution is 5.95. The summed E-state index contributed by atoms with van der Waals surface area (Å²) >= 11 is 0. The summed E-state index contributed by atoms with van der Waals surface area (Å²) in [5.41, 5.74) is 3.35. The van der Waals surface area contributed by atoms with Crippen molar-refractivity contribution in [3.8, 4) is 29.1 Å². The SMILES string of the molecule is N#Cc1c(-c2cnc(NC3CCCCC3)nc2)n(C2CCC2)c2cc(Oc3ncccn3)ccc12. The molecule has 2 aliphatic carbocycles. The lowest BCUT2D eigenvalue weighted by Gasteiger charge is -2.30. The number of hydrogen-bond acceptors (Lipinski definition) is 7. The van der Waals surface area contributed by atoms with Crippen LogP contribution in [0, 0.1) is 11.3 Å². The third-order valence-corrected chi connectivity index (χ3v) is 7.14. The van der Waals surface area contributed by atoms with Gasteiger partial charge in [-0.2, -0.15) is 5.26 Å². The van der Waals surface area contributed by atoms with Crippen LogP contribution in [0.4, 0.5) is 5.95 Å². The number of benzene rings is 1. The Morgan fingerprint density at radius 1 is 0.943 bits per heavy atom. The predicted octanol–water partition coefficient (Wildman–Crippen LogP) is 6.02. The summed E-state index contributed by atoms with van der Waals surface area (Å²) < 4.78 is 8.18. The van der Waals surface area contributed by atoms with Gasteiger partial charge in [-0.3, -0.25) is 0 Å². The van der Waals surface area contributed by atoms with Crippen molar-refractivity contribution >= 4 is 16.9 Å².